The van der Waals surface area contributed by atoms with Crippen LogP contribution in [0.15, 0.2) is 62.2 Å². The molecule has 0 aliphatic heterocycles. The highest BCUT2D eigenvalue weighted by Crippen LogP contribution is 2.11. The van der Waals surface area contributed by atoms with Gasteiger partial charge in [0, 0.05) is 60.9 Å². The maximum absolute atomic E-state index is 12.8. The summed E-state index contributed by atoms with van der Waals surface area (Å²) < 4.78 is 8.62. The third kappa shape index (κ3) is 4.83. The summed E-state index contributed by atoms with van der Waals surface area (Å²) >= 11 is 0. The number of hydrogen-bond acceptors (Lipinski definition) is 7. The highest BCUT2D eigenvalue weighted by molar-refractivity contribution is 5.70. The number of nitrogens with zero attached hydrogens (tertiary/aromatic N) is 9. The number of fused-ring (bicyclic) bond motifs is 2. The molecule has 5 aromatic rings. The van der Waals surface area contributed by atoms with E-state index in [9.17, 15) is 19.2 Å². The predicted octanol–water partition coefficient (Wildman–Crippen LogP) is 0.163. The van der Waals surface area contributed by atoms with E-state index in [-0.39, 0.29) is 11.1 Å². The van der Waals surface area contributed by atoms with Gasteiger partial charge in [-0.3, -0.25) is 32.8 Å². The number of benzene rings is 1. The van der Waals surface area contributed by atoms with Gasteiger partial charge in [0.05, 0.1) is 12.7 Å². The van der Waals surface area contributed by atoms with Gasteiger partial charge in [-0.15, -0.1) is 0 Å². The van der Waals surface area contributed by atoms with E-state index in [0.717, 1.165) is 41.6 Å². The average molecular weight is 548 g/mol. The van der Waals surface area contributed by atoms with E-state index in [4.69, 9.17) is 0 Å². The summed E-state index contributed by atoms with van der Waals surface area (Å²) in [5.74, 6) is 0. The van der Waals surface area contributed by atoms with Crippen LogP contribution in [0.25, 0.3) is 22.3 Å². The zero-order valence-corrected chi connectivity index (χ0v) is 23.1. The number of aryl methyl sites for hydroxylation is 4. The normalized spacial score (nSPS) is 11.8. The molecule has 0 unspecified atom stereocenters. The van der Waals surface area contributed by atoms with E-state index in [1.54, 1.807) is 26.7 Å². The molecule has 0 saturated carbocycles. The van der Waals surface area contributed by atoms with Gasteiger partial charge in [0.1, 0.15) is 0 Å². The first-order valence-electron chi connectivity index (χ1n) is 13.2. The van der Waals surface area contributed by atoms with Crippen molar-refractivity contribution in [1.82, 2.24) is 42.3 Å². The average Bonchev–Trinajstić information content (AvgIpc) is 3.58. The zero-order chi connectivity index (χ0) is 28.6. The molecule has 0 atom stereocenters. The maximum Gasteiger partial charge on any atom is 0.332 e. The molecule has 13 nitrogen and oxygen atoms in total. The van der Waals surface area contributed by atoms with Crippen LogP contribution in [0.2, 0.25) is 0 Å². The summed E-state index contributed by atoms with van der Waals surface area (Å²) in [6.07, 6.45) is 4.76. The molecule has 0 fully saturated rings. The lowest BCUT2D eigenvalue weighted by atomic mass is 10.2. The Kier molecular flexibility index (Phi) is 7.39. The first-order valence-corrected chi connectivity index (χ1v) is 13.2. The molecular weight excluding hydrogens is 514 g/mol. The topological polar surface area (TPSA) is 127 Å². The summed E-state index contributed by atoms with van der Waals surface area (Å²) in [5.41, 5.74) is 1.28. The van der Waals surface area contributed by atoms with Crippen LogP contribution in [0, 0.1) is 0 Å². The molecule has 0 radical (unpaired) electrons. The molecule has 0 bridgehead atoms. The summed E-state index contributed by atoms with van der Waals surface area (Å²) in [6, 6.07) is 10.2. The first-order chi connectivity index (χ1) is 19.2. The van der Waals surface area contributed by atoms with Crippen molar-refractivity contribution in [2.24, 2.45) is 28.2 Å². The fraction of sp³-hybridized carbons (Fsp3) is 0.407. The molecule has 40 heavy (non-hydrogen) atoms. The minimum absolute atomic E-state index is 0.354. The van der Waals surface area contributed by atoms with Gasteiger partial charge in [-0.25, -0.2) is 19.6 Å². The van der Waals surface area contributed by atoms with Crippen molar-refractivity contribution < 1.29 is 0 Å². The first kappa shape index (κ1) is 27.1. The monoisotopic (exact) mass is 547 g/mol. The molecule has 0 aliphatic rings. The third-order valence-corrected chi connectivity index (χ3v) is 7.43. The third-order valence-electron chi connectivity index (χ3n) is 7.43. The van der Waals surface area contributed by atoms with Gasteiger partial charge in [-0.2, -0.15) is 0 Å². The number of rotatable bonds is 10. The Hall–Kier alpha value is -4.52. The molecule has 13 heteroatoms. The summed E-state index contributed by atoms with van der Waals surface area (Å²) in [7, 11) is 6.17. The molecule has 0 aliphatic carbocycles. The second-order valence-electron chi connectivity index (χ2n) is 10.1. The Morgan fingerprint density at radius 3 is 1.55 bits per heavy atom. The highest BCUT2D eigenvalue weighted by Gasteiger charge is 2.16. The summed E-state index contributed by atoms with van der Waals surface area (Å²) in [6.45, 7) is 3.43. The van der Waals surface area contributed by atoms with Crippen molar-refractivity contribution >= 4 is 22.3 Å². The molecule has 1 aromatic carbocycles. The van der Waals surface area contributed by atoms with Crippen LogP contribution < -0.4 is 22.5 Å². The minimum Gasteiger partial charge on any atom is -0.325 e. The summed E-state index contributed by atoms with van der Waals surface area (Å²) in [4.78, 5) is 61.0. The van der Waals surface area contributed by atoms with Gasteiger partial charge in [0.25, 0.3) is 11.1 Å². The predicted molar refractivity (Wildman–Crippen MR) is 151 cm³/mol. The fourth-order valence-electron chi connectivity index (χ4n) is 5.17. The van der Waals surface area contributed by atoms with E-state index in [0.29, 0.717) is 35.4 Å². The van der Waals surface area contributed by atoms with Crippen LogP contribution in [0.4, 0.5) is 0 Å². The van der Waals surface area contributed by atoms with Gasteiger partial charge in [0.2, 0.25) is 0 Å². The van der Waals surface area contributed by atoms with Crippen molar-refractivity contribution in [3.8, 4) is 0 Å². The fourth-order valence-corrected chi connectivity index (χ4v) is 5.17. The summed E-state index contributed by atoms with van der Waals surface area (Å²) in [5, 5.41) is 0. The Balaban J connectivity index is 1.31. The van der Waals surface area contributed by atoms with E-state index in [1.807, 2.05) is 27.3 Å². The van der Waals surface area contributed by atoms with Crippen molar-refractivity contribution in [3.63, 3.8) is 0 Å². The van der Waals surface area contributed by atoms with Gasteiger partial charge in [0.15, 0.2) is 22.3 Å². The smallest absolute Gasteiger partial charge is 0.325 e. The minimum atomic E-state index is -0.400. The zero-order valence-electron chi connectivity index (χ0n) is 23.1. The van der Waals surface area contributed by atoms with Crippen LogP contribution in [0.3, 0.4) is 0 Å². The second-order valence-corrected chi connectivity index (χ2v) is 10.1. The van der Waals surface area contributed by atoms with Crippen LogP contribution >= 0.6 is 0 Å². The molecule has 210 valence electrons. The number of imidazole rings is 2. The number of aromatic nitrogens is 8. The standard InChI is InChI=1S/C27H33N9O4/c1-30-22-20(24(37)32(3)26(30)39)35(17-28-22)14-8-12-34(16-19-10-6-5-7-11-19)13-9-15-36-18-29-23-21(36)25(38)33(4)27(40)31(23)2/h5-7,10-11,17-18H,8-9,12-16H2,1-4H3. The van der Waals surface area contributed by atoms with E-state index >= 15 is 0 Å². The molecule has 0 saturated heterocycles. The van der Waals surface area contributed by atoms with Crippen LogP contribution in [-0.4, -0.2) is 55.4 Å². The highest BCUT2D eigenvalue weighted by atomic mass is 16.2. The van der Waals surface area contributed by atoms with Gasteiger partial charge in [-0.05, 0) is 18.4 Å². The molecule has 4 aromatic heterocycles. The molecule has 4 heterocycles. The van der Waals surface area contributed by atoms with Crippen LogP contribution in [0.1, 0.15) is 18.4 Å². The van der Waals surface area contributed by atoms with Crippen molar-refractivity contribution in [1.29, 1.82) is 0 Å². The maximum atomic E-state index is 12.8. The van der Waals surface area contributed by atoms with Gasteiger partial charge < -0.3 is 9.13 Å². The van der Waals surface area contributed by atoms with Gasteiger partial charge >= 0.3 is 11.4 Å². The van der Waals surface area contributed by atoms with E-state index in [1.165, 1.54) is 28.8 Å². The van der Waals surface area contributed by atoms with Crippen molar-refractivity contribution in [2.45, 2.75) is 32.5 Å². The Morgan fingerprint density at radius 2 is 1.10 bits per heavy atom. The molecule has 5 rings (SSSR count). The van der Waals surface area contributed by atoms with E-state index in [2.05, 4.69) is 27.0 Å². The molecule has 0 N–H and O–H groups in total. The van der Waals surface area contributed by atoms with Crippen molar-refractivity contribution in [3.05, 3.63) is 90.2 Å². The molecular formula is C27H33N9O4. The molecule has 0 amide bonds. The largest absolute Gasteiger partial charge is 0.332 e. The number of hydrogen-bond donors (Lipinski definition) is 0. The Labute approximate surface area is 228 Å². The quantitative estimate of drug-likeness (QED) is 0.244. The molecule has 0 spiro atoms. The lowest BCUT2D eigenvalue weighted by Gasteiger charge is -2.23. The Bertz CT molecular complexity index is 1800. The lowest BCUT2D eigenvalue weighted by Crippen LogP contribution is -2.37. The van der Waals surface area contributed by atoms with Crippen LogP contribution in [-0.2, 0) is 47.8 Å². The van der Waals surface area contributed by atoms with Gasteiger partial charge in [-0.1, -0.05) is 30.3 Å². The SMILES string of the molecule is Cn1c(=O)c2c(ncn2CCCN(CCCn2cnc3c2c(=O)n(C)c(=O)n3C)Cc2ccccc2)n(C)c1=O. The van der Waals surface area contributed by atoms with E-state index < -0.39 is 11.4 Å². The Morgan fingerprint density at radius 1 is 0.650 bits per heavy atom. The lowest BCUT2D eigenvalue weighted by molar-refractivity contribution is 0.250. The second kappa shape index (κ2) is 10.9. The van der Waals surface area contributed by atoms with Crippen molar-refractivity contribution in [2.75, 3.05) is 13.1 Å². The van der Waals surface area contributed by atoms with Crippen LogP contribution in [0.5, 0.6) is 0 Å².